The number of likely N-dealkylation sites (tertiary alicyclic amines) is 1. The van der Waals surface area contributed by atoms with Gasteiger partial charge >= 0.3 is 0 Å². The van der Waals surface area contributed by atoms with E-state index in [0.717, 1.165) is 26.1 Å². The molecule has 0 saturated carbocycles. The maximum absolute atomic E-state index is 11.9. The second-order valence-electron chi connectivity index (χ2n) is 4.21. The lowest BCUT2D eigenvalue weighted by atomic mass is 10.1. The summed E-state index contributed by atoms with van der Waals surface area (Å²) in [7, 11) is 0. The zero-order valence-corrected chi connectivity index (χ0v) is 8.25. The predicted octanol–water partition coefficient (Wildman–Crippen LogP) is 0.607. The minimum Gasteiger partial charge on any atom is -0.340 e. The van der Waals surface area contributed by atoms with Crippen LogP contribution >= 0.6 is 0 Å². The molecule has 2 heterocycles. The summed E-state index contributed by atoms with van der Waals surface area (Å²) in [6.07, 6.45) is 3.40. The van der Waals surface area contributed by atoms with E-state index in [0.29, 0.717) is 11.9 Å². The molecular formula is C10H18N2O. The van der Waals surface area contributed by atoms with Gasteiger partial charge in [0.05, 0.1) is 5.92 Å². The summed E-state index contributed by atoms with van der Waals surface area (Å²) in [6.45, 7) is 5.05. The Morgan fingerprint density at radius 1 is 1.46 bits per heavy atom. The molecule has 13 heavy (non-hydrogen) atoms. The van der Waals surface area contributed by atoms with Gasteiger partial charge in [-0.2, -0.15) is 0 Å². The predicted molar refractivity (Wildman–Crippen MR) is 51.4 cm³/mol. The standard InChI is InChI=1S/C10H18N2O/c1-8-3-2-6-12(8)10(13)9-4-5-11-7-9/h8-9,11H,2-7H2,1H3/t8-,9-/m0/s1. The maximum atomic E-state index is 11.9. The molecule has 2 atom stereocenters. The molecule has 1 N–H and O–H groups in total. The first-order chi connectivity index (χ1) is 6.29. The van der Waals surface area contributed by atoms with E-state index >= 15 is 0 Å². The van der Waals surface area contributed by atoms with Gasteiger partial charge in [-0.05, 0) is 32.7 Å². The fourth-order valence-electron chi connectivity index (χ4n) is 2.36. The summed E-state index contributed by atoms with van der Waals surface area (Å²) in [6, 6.07) is 0.480. The van der Waals surface area contributed by atoms with E-state index in [9.17, 15) is 4.79 Å². The van der Waals surface area contributed by atoms with Crippen LogP contribution in [0, 0.1) is 5.92 Å². The molecule has 74 valence electrons. The van der Waals surface area contributed by atoms with Gasteiger partial charge in [-0.1, -0.05) is 0 Å². The van der Waals surface area contributed by atoms with Gasteiger partial charge in [0.25, 0.3) is 0 Å². The first kappa shape index (κ1) is 9.00. The van der Waals surface area contributed by atoms with E-state index in [2.05, 4.69) is 17.1 Å². The van der Waals surface area contributed by atoms with Crippen molar-refractivity contribution in [2.24, 2.45) is 5.92 Å². The third-order valence-electron chi connectivity index (χ3n) is 3.25. The van der Waals surface area contributed by atoms with Crippen molar-refractivity contribution < 1.29 is 4.79 Å². The van der Waals surface area contributed by atoms with E-state index in [1.54, 1.807) is 0 Å². The molecule has 3 heteroatoms. The molecular weight excluding hydrogens is 164 g/mol. The molecule has 2 saturated heterocycles. The van der Waals surface area contributed by atoms with E-state index in [1.807, 2.05) is 0 Å². The number of rotatable bonds is 1. The monoisotopic (exact) mass is 182 g/mol. The summed E-state index contributed by atoms with van der Waals surface area (Å²) in [4.78, 5) is 14.0. The SMILES string of the molecule is C[C@H]1CCCN1C(=O)[C@H]1CCNC1. The molecule has 0 aliphatic carbocycles. The van der Waals surface area contributed by atoms with Crippen LogP contribution in [0.15, 0.2) is 0 Å². The van der Waals surface area contributed by atoms with Gasteiger partial charge in [-0.3, -0.25) is 4.79 Å². The Morgan fingerprint density at radius 2 is 2.31 bits per heavy atom. The zero-order chi connectivity index (χ0) is 9.26. The summed E-state index contributed by atoms with van der Waals surface area (Å²) in [5.41, 5.74) is 0. The smallest absolute Gasteiger partial charge is 0.227 e. The highest BCUT2D eigenvalue weighted by Gasteiger charge is 2.31. The second-order valence-corrected chi connectivity index (χ2v) is 4.21. The molecule has 0 radical (unpaired) electrons. The quantitative estimate of drug-likeness (QED) is 0.644. The normalized spacial score (nSPS) is 34.1. The van der Waals surface area contributed by atoms with Gasteiger partial charge in [0.2, 0.25) is 5.91 Å². The lowest BCUT2D eigenvalue weighted by molar-refractivity contribution is -0.135. The third kappa shape index (κ3) is 1.70. The number of nitrogens with one attached hydrogen (secondary N) is 1. The molecule has 0 aromatic heterocycles. The van der Waals surface area contributed by atoms with Crippen molar-refractivity contribution in [2.45, 2.75) is 32.2 Å². The lowest BCUT2D eigenvalue weighted by Gasteiger charge is -2.24. The number of carbonyl (C=O) groups excluding carboxylic acids is 1. The fraction of sp³-hybridized carbons (Fsp3) is 0.900. The molecule has 0 aromatic rings. The van der Waals surface area contributed by atoms with Gasteiger partial charge in [-0.15, -0.1) is 0 Å². The van der Waals surface area contributed by atoms with Crippen molar-refractivity contribution in [1.29, 1.82) is 0 Å². The van der Waals surface area contributed by atoms with Crippen molar-refractivity contribution in [3.05, 3.63) is 0 Å². The van der Waals surface area contributed by atoms with E-state index in [1.165, 1.54) is 12.8 Å². The summed E-state index contributed by atoms with van der Waals surface area (Å²) in [5, 5.41) is 3.24. The van der Waals surface area contributed by atoms with Crippen LogP contribution < -0.4 is 5.32 Å². The zero-order valence-electron chi connectivity index (χ0n) is 8.25. The average Bonchev–Trinajstić information content (AvgIpc) is 2.72. The largest absolute Gasteiger partial charge is 0.340 e. The van der Waals surface area contributed by atoms with Crippen molar-refractivity contribution in [3.63, 3.8) is 0 Å². The van der Waals surface area contributed by atoms with Gasteiger partial charge in [-0.25, -0.2) is 0 Å². The van der Waals surface area contributed by atoms with E-state index < -0.39 is 0 Å². The Hall–Kier alpha value is -0.570. The summed E-state index contributed by atoms with van der Waals surface area (Å²) >= 11 is 0. The second kappa shape index (κ2) is 3.66. The Bertz CT molecular complexity index is 199. The number of amides is 1. The minimum absolute atomic E-state index is 0.264. The maximum Gasteiger partial charge on any atom is 0.227 e. The first-order valence-electron chi connectivity index (χ1n) is 5.30. The molecule has 1 amide bonds. The molecule has 0 aromatic carbocycles. The Kier molecular flexibility index (Phi) is 2.54. The first-order valence-corrected chi connectivity index (χ1v) is 5.30. The highest BCUT2D eigenvalue weighted by molar-refractivity contribution is 5.80. The van der Waals surface area contributed by atoms with Gasteiger partial charge < -0.3 is 10.2 Å². The van der Waals surface area contributed by atoms with Gasteiger partial charge in [0.1, 0.15) is 0 Å². The van der Waals surface area contributed by atoms with E-state index in [-0.39, 0.29) is 5.92 Å². The molecule has 0 spiro atoms. The lowest BCUT2D eigenvalue weighted by Crippen LogP contribution is -2.38. The molecule has 2 aliphatic heterocycles. The van der Waals surface area contributed by atoms with Crippen LogP contribution in [0.1, 0.15) is 26.2 Å². The van der Waals surface area contributed by atoms with Gasteiger partial charge in [0, 0.05) is 19.1 Å². The molecule has 0 unspecified atom stereocenters. The van der Waals surface area contributed by atoms with Crippen molar-refractivity contribution >= 4 is 5.91 Å². The average molecular weight is 182 g/mol. The van der Waals surface area contributed by atoms with Crippen LogP contribution in [-0.2, 0) is 4.79 Å². The van der Waals surface area contributed by atoms with Crippen LogP contribution in [0.25, 0.3) is 0 Å². The number of hydrogen-bond donors (Lipinski definition) is 1. The summed E-state index contributed by atoms with van der Waals surface area (Å²) < 4.78 is 0. The van der Waals surface area contributed by atoms with Crippen molar-refractivity contribution in [1.82, 2.24) is 10.2 Å². The highest BCUT2D eigenvalue weighted by Crippen LogP contribution is 2.21. The molecule has 0 bridgehead atoms. The van der Waals surface area contributed by atoms with Crippen LogP contribution in [0.5, 0.6) is 0 Å². The van der Waals surface area contributed by atoms with Crippen LogP contribution in [0.2, 0.25) is 0 Å². The highest BCUT2D eigenvalue weighted by atomic mass is 16.2. The molecule has 2 rings (SSSR count). The summed E-state index contributed by atoms with van der Waals surface area (Å²) in [5.74, 6) is 0.649. The van der Waals surface area contributed by atoms with Crippen LogP contribution in [0.3, 0.4) is 0 Å². The van der Waals surface area contributed by atoms with Crippen LogP contribution in [-0.4, -0.2) is 36.5 Å². The van der Waals surface area contributed by atoms with Gasteiger partial charge in [0.15, 0.2) is 0 Å². The fourth-order valence-corrected chi connectivity index (χ4v) is 2.36. The minimum atomic E-state index is 0.264. The molecule has 2 fully saturated rings. The van der Waals surface area contributed by atoms with Crippen molar-refractivity contribution in [2.75, 3.05) is 19.6 Å². The topological polar surface area (TPSA) is 32.3 Å². The number of carbonyl (C=O) groups is 1. The van der Waals surface area contributed by atoms with Crippen molar-refractivity contribution in [3.8, 4) is 0 Å². The Balaban J connectivity index is 1.95. The van der Waals surface area contributed by atoms with E-state index in [4.69, 9.17) is 0 Å². The number of nitrogens with zero attached hydrogens (tertiary/aromatic N) is 1. The Labute approximate surface area is 79.5 Å². The Morgan fingerprint density at radius 3 is 2.85 bits per heavy atom. The molecule has 2 aliphatic rings. The molecule has 3 nitrogen and oxygen atoms in total. The van der Waals surface area contributed by atoms with Crippen LogP contribution in [0.4, 0.5) is 0 Å². The number of hydrogen-bond acceptors (Lipinski definition) is 2. The third-order valence-corrected chi connectivity index (χ3v) is 3.25.